The van der Waals surface area contributed by atoms with Gasteiger partial charge in [0.05, 0.1) is 16.6 Å². The second-order valence-electron chi connectivity index (χ2n) is 6.63. The van der Waals surface area contributed by atoms with Gasteiger partial charge in [-0.25, -0.2) is 15.0 Å². The van der Waals surface area contributed by atoms with Crippen molar-refractivity contribution in [1.82, 2.24) is 19.5 Å². The summed E-state index contributed by atoms with van der Waals surface area (Å²) in [6.45, 7) is 2.49. The van der Waals surface area contributed by atoms with Crippen molar-refractivity contribution in [2.24, 2.45) is 0 Å². The standard InChI is InChI=1S/C21H17N5OS/c1-13-12-22-21(28-13)25-18(27)10-11-26-17-9-5-2-6-14(17)19-20(26)24-16-8-4-3-7-15(16)23-19/h2-9,12H,10-11H2,1H3,(H,22,25,27). The Morgan fingerprint density at radius 1 is 1.07 bits per heavy atom. The van der Waals surface area contributed by atoms with Gasteiger partial charge in [0.2, 0.25) is 5.91 Å². The van der Waals surface area contributed by atoms with Gasteiger partial charge < -0.3 is 9.88 Å². The van der Waals surface area contributed by atoms with Crippen LogP contribution in [0.2, 0.25) is 0 Å². The number of thiazole rings is 1. The van der Waals surface area contributed by atoms with Crippen LogP contribution in [0.1, 0.15) is 11.3 Å². The van der Waals surface area contributed by atoms with Crippen molar-refractivity contribution < 1.29 is 4.79 Å². The Kier molecular flexibility index (Phi) is 4.02. The molecular formula is C21H17N5OS. The van der Waals surface area contributed by atoms with Gasteiger partial charge in [-0.2, -0.15) is 0 Å². The Morgan fingerprint density at radius 2 is 1.82 bits per heavy atom. The quantitative estimate of drug-likeness (QED) is 0.492. The van der Waals surface area contributed by atoms with E-state index in [1.165, 1.54) is 11.3 Å². The zero-order chi connectivity index (χ0) is 19.1. The highest BCUT2D eigenvalue weighted by atomic mass is 32.1. The van der Waals surface area contributed by atoms with Gasteiger partial charge >= 0.3 is 0 Å². The third kappa shape index (κ3) is 2.90. The van der Waals surface area contributed by atoms with E-state index in [2.05, 4.69) is 20.9 Å². The number of nitrogens with one attached hydrogen (secondary N) is 1. The van der Waals surface area contributed by atoms with E-state index in [-0.39, 0.29) is 5.91 Å². The van der Waals surface area contributed by atoms with Crippen LogP contribution >= 0.6 is 11.3 Å². The zero-order valence-corrected chi connectivity index (χ0v) is 16.0. The smallest absolute Gasteiger partial charge is 0.227 e. The maximum absolute atomic E-state index is 12.4. The number of carbonyl (C=O) groups excluding carboxylic acids is 1. The van der Waals surface area contributed by atoms with E-state index in [1.807, 2.05) is 49.4 Å². The third-order valence-electron chi connectivity index (χ3n) is 4.69. The van der Waals surface area contributed by atoms with E-state index in [1.54, 1.807) is 6.20 Å². The molecule has 6 nitrogen and oxygen atoms in total. The minimum atomic E-state index is -0.0611. The summed E-state index contributed by atoms with van der Waals surface area (Å²) >= 11 is 1.47. The molecule has 0 aliphatic heterocycles. The van der Waals surface area contributed by atoms with E-state index in [4.69, 9.17) is 9.97 Å². The number of hydrogen-bond donors (Lipinski definition) is 1. The summed E-state index contributed by atoms with van der Waals surface area (Å²) in [5.41, 5.74) is 4.42. The lowest BCUT2D eigenvalue weighted by Crippen LogP contribution is -2.14. The van der Waals surface area contributed by atoms with Gasteiger partial charge in [-0.05, 0) is 25.1 Å². The number of rotatable bonds is 4. The minimum absolute atomic E-state index is 0.0611. The van der Waals surface area contributed by atoms with Gasteiger partial charge in [0.15, 0.2) is 10.8 Å². The van der Waals surface area contributed by atoms with E-state index in [9.17, 15) is 4.79 Å². The van der Waals surface area contributed by atoms with Crippen LogP contribution in [0.4, 0.5) is 5.13 Å². The normalized spacial score (nSPS) is 11.5. The fraction of sp³-hybridized carbons (Fsp3) is 0.143. The summed E-state index contributed by atoms with van der Waals surface area (Å²) in [5.74, 6) is -0.0611. The van der Waals surface area contributed by atoms with E-state index < -0.39 is 0 Å². The molecule has 2 aromatic carbocycles. The molecule has 5 aromatic rings. The molecule has 0 saturated carbocycles. The topological polar surface area (TPSA) is 72.7 Å². The lowest BCUT2D eigenvalue weighted by Gasteiger charge is -2.07. The summed E-state index contributed by atoms with van der Waals surface area (Å²) in [4.78, 5) is 27.3. The SMILES string of the molecule is Cc1cnc(NC(=O)CCn2c3ccccc3c3nc4ccccc4nc32)s1. The van der Waals surface area contributed by atoms with Crippen molar-refractivity contribution in [1.29, 1.82) is 0 Å². The molecule has 0 unspecified atom stereocenters. The maximum Gasteiger partial charge on any atom is 0.227 e. The Morgan fingerprint density at radius 3 is 2.61 bits per heavy atom. The monoisotopic (exact) mass is 387 g/mol. The predicted molar refractivity (Wildman–Crippen MR) is 113 cm³/mol. The summed E-state index contributed by atoms with van der Waals surface area (Å²) in [5, 5.41) is 4.55. The molecule has 0 aliphatic rings. The summed E-state index contributed by atoms with van der Waals surface area (Å²) in [7, 11) is 0. The van der Waals surface area contributed by atoms with Gasteiger partial charge in [-0.15, -0.1) is 11.3 Å². The molecule has 0 fully saturated rings. The largest absolute Gasteiger partial charge is 0.323 e. The number of hydrogen-bond acceptors (Lipinski definition) is 5. The molecule has 1 N–H and O–H groups in total. The second-order valence-corrected chi connectivity index (χ2v) is 7.86. The lowest BCUT2D eigenvalue weighted by molar-refractivity contribution is -0.116. The molecule has 0 radical (unpaired) electrons. The molecule has 3 heterocycles. The van der Waals surface area contributed by atoms with Crippen LogP contribution in [0, 0.1) is 6.92 Å². The molecule has 0 bridgehead atoms. The minimum Gasteiger partial charge on any atom is -0.323 e. The molecule has 3 aromatic heterocycles. The highest BCUT2D eigenvalue weighted by Crippen LogP contribution is 2.28. The first-order valence-electron chi connectivity index (χ1n) is 9.05. The molecule has 5 rings (SSSR count). The van der Waals surface area contributed by atoms with Gasteiger partial charge in [0.1, 0.15) is 5.52 Å². The summed E-state index contributed by atoms with van der Waals surface area (Å²) < 4.78 is 2.08. The number of benzene rings is 2. The van der Waals surface area contributed by atoms with Crippen molar-refractivity contribution in [3.8, 4) is 0 Å². The molecule has 7 heteroatoms. The number of carbonyl (C=O) groups is 1. The highest BCUT2D eigenvalue weighted by molar-refractivity contribution is 7.15. The van der Waals surface area contributed by atoms with E-state index >= 15 is 0 Å². The number of amides is 1. The average molecular weight is 387 g/mol. The zero-order valence-electron chi connectivity index (χ0n) is 15.2. The number of nitrogens with zero attached hydrogens (tertiary/aromatic N) is 4. The Balaban J connectivity index is 1.53. The molecule has 28 heavy (non-hydrogen) atoms. The number of aryl methyl sites for hydroxylation is 2. The average Bonchev–Trinajstić information content (AvgIpc) is 3.25. The van der Waals surface area contributed by atoms with Crippen LogP contribution < -0.4 is 5.32 Å². The second kappa shape index (κ2) is 6.69. The molecule has 0 atom stereocenters. The van der Waals surface area contributed by atoms with Crippen molar-refractivity contribution in [3.05, 3.63) is 59.6 Å². The Bertz CT molecular complexity index is 1340. The van der Waals surface area contributed by atoms with Crippen molar-refractivity contribution in [2.75, 3.05) is 5.32 Å². The number of fused-ring (bicyclic) bond motifs is 4. The van der Waals surface area contributed by atoms with Crippen molar-refractivity contribution in [3.63, 3.8) is 0 Å². The van der Waals surface area contributed by atoms with Crippen LogP contribution in [0.15, 0.2) is 54.7 Å². The Hall–Kier alpha value is -3.32. The highest BCUT2D eigenvalue weighted by Gasteiger charge is 2.15. The first-order chi connectivity index (χ1) is 13.7. The molecule has 0 spiro atoms. The molecule has 1 amide bonds. The predicted octanol–water partition coefficient (Wildman–Crippen LogP) is 4.53. The number of anilines is 1. The first-order valence-corrected chi connectivity index (χ1v) is 9.87. The van der Waals surface area contributed by atoms with Crippen LogP contribution in [-0.2, 0) is 11.3 Å². The van der Waals surface area contributed by atoms with Crippen LogP contribution in [0.25, 0.3) is 33.1 Å². The fourth-order valence-corrected chi connectivity index (χ4v) is 4.10. The van der Waals surface area contributed by atoms with Crippen molar-refractivity contribution in [2.45, 2.75) is 19.9 Å². The third-order valence-corrected chi connectivity index (χ3v) is 5.52. The molecular weight excluding hydrogens is 370 g/mol. The van der Waals surface area contributed by atoms with Gasteiger partial charge in [0.25, 0.3) is 0 Å². The molecule has 0 aliphatic carbocycles. The van der Waals surface area contributed by atoms with Gasteiger partial charge in [0, 0.05) is 29.4 Å². The molecule has 0 saturated heterocycles. The Labute approximate surface area is 164 Å². The first kappa shape index (κ1) is 16.8. The number of aromatic nitrogens is 4. The van der Waals surface area contributed by atoms with Crippen LogP contribution in [0.3, 0.4) is 0 Å². The summed E-state index contributed by atoms with van der Waals surface area (Å²) in [6.07, 6.45) is 2.09. The maximum atomic E-state index is 12.4. The van der Waals surface area contributed by atoms with Gasteiger partial charge in [-0.1, -0.05) is 30.3 Å². The summed E-state index contributed by atoms with van der Waals surface area (Å²) in [6, 6.07) is 15.9. The van der Waals surface area contributed by atoms with Crippen LogP contribution in [-0.4, -0.2) is 25.4 Å². The lowest BCUT2D eigenvalue weighted by atomic mass is 10.2. The van der Waals surface area contributed by atoms with Crippen LogP contribution in [0.5, 0.6) is 0 Å². The number of para-hydroxylation sites is 3. The van der Waals surface area contributed by atoms with Gasteiger partial charge in [-0.3, -0.25) is 4.79 Å². The van der Waals surface area contributed by atoms with E-state index in [0.717, 1.165) is 38.0 Å². The fourth-order valence-electron chi connectivity index (χ4n) is 3.42. The van der Waals surface area contributed by atoms with E-state index in [0.29, 0.717) is 18.1 Å². The van der Waals surface area contributed by atoms with Crippen molar-refractivity contribution >= 4 is 55.5 Å². The molecule has 138 valence electrons.